The summed E-state index contributed by atoms with van der Waals surface area (Å²) in [5.41, 5.74) is 2.61. The summed E-state index contributed by atoms with van der Waals surface area (Å²) < 4.78 is 0. The number of benzene rings is 2. The normalized spacial score (nSPS) is 10.2. The van der Waals surface area contributed by atoms with Gasteiger partial charge in [0, 0.05) is 0 Å². The van der Waals surface area contributed by atoms with Crippen molar-refractivity contribution in [3.8, 4) is 0 Å². The Labute approximate surface area is 123 Å². The van der Waals surface area contributed by atoms with Crippen LogP contribution in [0.15, 0.2) is 79.4 Å². The van der Waals surface area contributed by atoms with Crippen molar-refractivity contribution in [3.05, 3.63) is 90.5 Å². The molecule has 0 nitrogen and oxygen atoms in total. The molecule has 0 bridgehead atoms. The Kier molecular flexibility index (Phi) is 7.83. The molecule has 20 heavy (non-hydrogen) atoms. The maximum Gasteiger partial charge on any atom is -0.0100 e. The molecule has 0 atom stereocenters. The summed E-state index contributed by atoms with van der Waals surface area (Å²) in [7, 11) is 0. The van der Waals surface area contributed by atoms with Crippen LogP contribution in [0.4, 0.5) is 0 Å². The smallest absolute Gasteiger partial charge is 0.0100 e. The van der Waals surface area contributed by atoms with Crippen LogP contribution in [-0.2, 0) is 6.42 Å². The van der Waals surface area contributed by atoms with E-state index in [1.807, 2.05) is 30.3 Å². The maximum atomic E-state index is 3.66. The van der Waals surface area contributed by atoms with E-state index < -0.39 is 0 Å². The molecule has 0 radical (unpaired) electrons. The Balaban J connectivity index is 0.000000204. The SMILES string of the molecule is C=CCc1ccccc1.CC(C)C=Cc1ccccc1. The molecule has 0 heteroatoms. The lowest BCUT2D eigenvalue weighted by molar-refractivity contribution is 0.836. The predicted molar refractivity (Wildman–Crippen MR) is 90.7 cm³/mol. The van der Waals surface area contributed by atoms with Crippen LogP contribution < -0.4 is 0 Å². The van der Waals surface area contributed by atoms with Gasteiger partial charge in [0.1, 0.15) is 0 Å². The second-order valence-electron chi connectivity index (χ2n) is 4.99. The predicted octanol–water partition coefficient (Wildman–Crippen LogP) is 5.77. The lowest BCUT2D eigenvalue weighted by Crippen LogP contribution is -1.76. The topological polar surface area (TPSA) is 0 Å². The van der Waals surface area contributed by atoms with Gasteiger partial charge in [-0.25, -0.2) is 0 Å². The Hall–Kier alpha value is -2.08. The van der Waals surface area contributed by atoms with Gasteiger partial charge in [0.25, 0.3) is 0 Å². The first-order chi connectivity index (χ1) is 9.72. The molecule has 0 spiro atoms. The van der Waals surface area contributed by atoms with E-state index in [0.717, 1.165) is 6.42 Å². The lowest BCUT2D eigenvalue weighted by Gasteiger charge is -1.93. The lowest BCUT2D eigenvalue weighted by atomic mass is 10.1. The summed E-state index contributed by atoms with van der Waals surface area (Å²) in [6.45, 7) is 8.02. The van der Waals surface area contributed by atoms with Crippen LogP contribution in [0.3, 0.4) is 0 Å². The molecule has 0 aliphatic heterocycles. The number of hydrogen-bond acceptors (Lipinski definition) is 0. The van der Waals surface area contributed by atoms with Crippen molar-refractivity contribution in [2.45, 2.75) is 20.3 Å². The highest BCUT2D eigenvalue weighted by Gasteiger charge is 1.85. The van der Waals surface area contributed by atoms with E-state index in [-0.39, 0.29) is 0 Å². The quantitative estimate of drug-likeness (QED) is 0.615. The first-order valence-corrected chi connectivity index (χ1v) is 7.10. The molecular weight excluding hydrogens is 240 g/mol. The second kappa shape index (κ2) is 9.80. The van der Waals surface area contributed by atoms with Crippen LogP contribution >= 0.6 is 0 Å². The van der Waals surface area contributed by atoms with Crippen LogP contribution in [0, 0.1) is 5.92 Å². The average molecular weight is 264 g/mol. The van der Waals surface area contributed by atoms with Crippen molar-refractivity contribution >= 4 is 6.08 Å². The third-order valence-corrected chi connectivity index (χ3v) is 2.70. The largest absolute Gasteiger partial charge is 0.103 e. The van der Waals surface area contributed by atoms with Gasteiger partial charge in [-0.1, -0.05) is 92.7 Å². The summed E-state index contributed by atoms with van der Waals surface area (Å²) in [5.74, 6) is 0.634. The van der Waals surface area contributed by atoms with E-state index in [1.165, 1.54) is 11.1 Å². The highest BCUT2D eigenvalue weighted by molar-refractivity contribution is 5.48. The van der Waals surface area contributed by atoms with E-state index in [4.69, 9.17) is 0 Å². The zero-order chi connectivity index (χ0) is 14.6. The third-order valence-electron chi connectivity index (χ3n) is 2.70. The molecule has 2 rings (SSSR count). The molecule has 104 valence electrons. The maximum absolute atomic E-state index is 3.66. The Morgan fingerprint density at radius 3 is 1.95 bits per heavy atom. The molecule has 0 aliphatic carbocycles. The standard InChI is InChI=1S/C11H14.C9H10/c1-10(2)8-9-11-6-4-3-5-7-11;1-2-6-9-7-4-3-5-8-9/h3-10H,1-2H3;2-5,7-8H,1,6H2. The van der Waals surface area contributed by atoms with Gasteiger partial charge in [-0.3, -0.25) is 0 Å². The van der Waals surface area contributed by atoms with E-state index in [9.17, 15) is 0 Å². The highest BCUT2D eigenvalue weighted by atomic mass is 13.9. The van der Waals surface area contributed by atoms with Crippen LogP contribution in [0.5, 0.6) is 0 Å². The minimum atomic E-state index is 0.634. The van der Waals surface area contributed by atoms with E-state index >= 15 is 0 Å². The van der Waals surface area contributed by atoms with Gasteiger partial charge in [0.2, 0.25) is 0 Å². The summed E-state index contributed by atoms with van der Waals surface area (Å²) in [4.78, 5) is 0. The van der Waals surface area contributed by atoms with E-state index in [0.29, 0.717) is 5.92 Å². The van der Waals surface area contributed by atoms with E-state index in [1.54, 1.807) is 0 Å². The molecule has 0 unspecified atom stereocenters. The van der Waals surface area contributed by atoms with Gasteiger partial charge in [-0.2, -0.15) is 0 Å². The van der Waals surface area contributed by atoms with Gasteiger partial charge < -0.3 is 0 Å². The average Bonchev–Trinajstić information content (AvgIpc) is 2.48. The van der Waals surface area contributed by atoms with Gasteiger partial charge in [-0.15, -0.1) is 6.58 Å². The highest BCUT2D eigenvalue weighted by Crippen LogP contribution is 2.04. The molecule has 0 aromatic heterocycles. The summed E-state index contributed by atoms with van der Waals surface area (Å²) in [6, 6.07) is 20.7. The zero-order valence-corrected chi connectivity index (χ0v) is 12.5. The minimum Gasteiger partial charge on any atom is -0.103 e. The van der Waals surface area contributed by atoms with E-state index in [2.05, 4.69) is 69.0 Å². The molecule has 2 aromatic carbocycles. The molecule has 2 aromatic rings. The first kappa shape index (κ1) is 16.0. The summed E-state index contributed by atoms with van der Waals surface area (Å²) in [5, 5.41) is 0. The Morgan fingerprint density at radius 1 is 0.900 bits per heavy atom. The zero-order valence-electron chi connectivity index (χ0n) is 12.5. The van der Waals surface area contributed by atoms with Gasteiger partial charge in [-0.05, 0) is 23.5 Å². The molecule has 0 saturated heterocycles. The summed E-state index contributed by atoms with van der Waals surface area (Å²) >= 11 is 0. The minimum absolute atomic E-state index is 0.634. The molecule has 0 fully saturated rings. The molecular formula is C20H24. The number of hydrogen-bond donors (Lipinski definition) is 0. The van der Waals surface area contributed by atoms with Crippen LogP contribution in [-0.4, -0.2) is 0 Å². The molecule has 0 heterocycles. The first-order valence-electron chi connectivity index (χ1n) is 7.10. The van der Waals surface area contributed by atoms with Crippen molar-refractivity contribution < 1.29 is 0 Å². The van der Waals surface area contributed by atoms with Crippen molar-refractivity contribution in [2.75, 3.05) is 0 Å². The monoisotopic (exact) mass is 264 g/mol. The molecule has 0 amide bonds. The van der Waals surface area contributed by atoms with Crippen LogP contribution in [0.2, 0.25) is 0 Å². The fourth-order valence-electron chi connectivity index (χ4n) is 1.65. The Morgan fingerprint density at radius 2 is 1.45 bits per heavy atom. The van der Waals surface area contributed by atoms with Crippen LogP contribution in [0.25, 0.3) is 6.08 Å². The van der Waals surface area contributed by atoms with Crippen molar-refractivity contribution in [3.63, 3.8) is 0 Å². The Bertz CT molecular complexity index is 492. The van der Waals surface area contributed by atoms with Crippen molar-refractivity contribution in [1.82, 2.24) is 0 Å². The van der Waals surface area contributed by atoms with Gasteiger partial charge >= 0.3 is 0 Å². The third kappa shape index (κ3) is 7.38. The fourth-order valence-corrected chi connectivity index (χ4v) is 1.65. The molecule has 0 aliphatic rings. The van der Waals surface area contributed by atoms with Crippen molar-refractivity contribution in [1.29, 1.82) is 0 Å². The molecule has 0 saturated carbocycles. The summed E-state index contributed by atoms with van der Waals surface area (Å²) in [6.07, 6.45) is 7.25. The van der Waals surface area contributed by atoms with Gasteiger partial charge in [0.05, 0.1) is 0 Å². The van der Waals surface area contributed by atoms with Crippen molar-refractivity contribution in [2.24, 2.45) is 5.92 Å². The van der Waals surface area contributed by atoms with Crippen LogP contribution in [0.1, 0.15) is 25.0 Å². The number of allylic oxidation sites excluding steroid dienone is 2. The number of rotatable bonds is 4. The fraction of sp³-hybridized carbons (Fsp3) is 0.200. The second-order valence-corrected chi connectivity index (χ2v) is 4.99. The molecule has 0 N–H and O–H groups in total. The van der Waals surface area contributed by atoms with Gasteiger partial charge in [0.15, 0.2) is 0 Å².